The maximum atomic E-state index is 13.5. The number of hydrogen-bond acceptors (Lipinski definition) is 6. The predicted molar refractivity (Wildman–Crippen MR) is 91.2 cm³/mol. The Kier molecular flexibility index (Phi) is 5.39. The topological polar surface area (TPSA) is 80.9 Å². The van der Waals surface area contributed by atoms with Gasteiger partial charge in [0.25, 0.3) is 5.89 Å². The molecule has 1 amide bonds. The summed E-state index contributed by atoms with van der Waals surface area (Å²) in [5, 5.41) is 7.11. The summed E-state index contributed by atoms with van der Waals surface area (Å²) in [7, 11) is 0. The Labute approximate surface area is 147 Å². The van der Waals surface area contributed by atoms with E-state index in [-0.39, 0.29) is 24.0 Å². The van der Waals surface area contributed by atoms with Crippen molar-refractivity contribution >= 4 is 17.7 Å². The summed E-state index contributed by atoms with van der Waals surface area (Å²) in [6, 6.07) is 9.94. The molecular formula is C17H15FN4O2S. The standard InChI is InChI=1S/C17H15FN4O2S/c1-11-21-17(24-22-11)13-6-7-16(20-9-13)25-10-15(23)19-8-12-4-2-3-5-14(12)18/h2-7,9H,8,10H2,1H3,(H,19,23). The number of hydrogen-bond donors (Lipinski definition) is 1. The molecule has 0 radical (unpaired) electrons. The zero-order valence-corrected chi connectivity index (χ0v) is 14.2. The Bertz CT molecular complexity index is 867. The zero-order chi connectivity index (χ0) is 17.6. The lowest BCUT2D eigenvalue weighted by molar-refractivity contribution is -0.118. The molecule has 3 aromatic rings. The second-order valence-electron chi connectivity index (χ2n) is 5.19. The van der Waals surface area contributed by atoms with Crippen molar-refractivity contribution in [2.45, 2.75) is 18.5 Å². The number of thioether (sulfide) groups is 1. The first-order valence-electron chi connectivity index (χ1n) is 7.51. The van der Waals surface area contributed by atoms with E-state index in [0.29, 0.717) is 27.9 Å². The molecule has 1 N–H and O–H groups in total. The summed E-state index contributed by atoms with van der Waals surface area (Å²) in [5.41, 5.74) is 1.17. The van der Waals surface area contributed by atoms with Crippen molar-refractivity contribution in [1.82, 2.24) is 20.4 Å². The van der Waals surface area contributed by atoms with Crippen LogP contribution in [0.2, 0.25) is 0 Å². The van der Waals surface area contributed by atoms with E-state index in [0.717, 1.165) is 0 Å². The molecule has 0 bridgehead atoms. The van der Waals surface area contributed by atoms with Gasteiger partial charge in [-0.1, -0.05) is 35.1 Å². The van der Waals surface area contributed by atoms with Gasteiger partial charge >= 0.3 is 0 Å². The van der Waals surface area contributed by atoms with Crippen molar-refractivity contribution in [3.05, 3.63) is 59.8 Å². The van der Waals surface area contributed by atoms with Gasteiger partial charge in [0, 0.05) is 18.3 Å². The van der Waals surface area contributed by atoms with Gasteiger partial charge in [0.2, 0.25) is 5.91 Å². The van der Waals surface area contributed by atoms with Gasteiger partial charge in [-0.05, 0) is 25.1 Å². The lowest BCUT2D eigenvalue weighted by atomic mass is 10.2. The fourth-order valence-corrected chi connectivity index (χ4v) is 2.71. The molecule has 0 aliphatic carbocycles. The first-order chi connectivity index (χ1) is 12.1. The van der Waals surface area contributed by atoms with Crippen LogP contribution in [0.15, 0.2) is 52.1 Å². The fourth-order valence-electron chi connectivity index (χ4n) is 2.03. The molecule has 128 valence electrons. The van der Waals surface area contributed by atoms with Crippen LogP contribution in [0.4, 0.5) is 4.39 Å². The van der Waals surface area contributed by atoms with Crippen LogP contribution in [0.3, 0.4) is 0 Å². The number of amides is 1. The van der Waals surface area contributed by atoms with Crippen molar-refractivity contribution in [3.8, 4) is 11.5 Å². The summed E-state index contributed by atoms with van der Waals surface area (Å²) in [6.07, 6.45) is 1.62. The summed E-state index contributed by atoms with van der Waals surface area (Å²) in [5.74, 6) is 0.639. The number of rotatable bonds is 6. The van der Waals surface area contributed by atoms with Gasteiger partial charge in [0.15, 0.2) is 5.82 Å². The Morgan fingerprint density at radius 2 is 2.12 bits per heavy atom. The van der Waals surface area contributed by atoms with Crippen molar-refractivity contribution in [3.63, 3.8) is 0 Å². The van der Waals surface area contributed by atoms with E-state index in [1.54, 1.807) is 43.5 Å². The highest BCUT2D eigenvalue weighted by molar-refractivity contribution is 7.99. The van der Waals surface area contributed by atoms with E-state index < -0.39 is 0 Å². The third kappa shape index (κ3) is 4.63. The number of halogens is 1. The van der Waals surface area contributed by atoms with Crippen LogP contribution < -0.4 is 5.32 Å². The van der Waals surface area contributed by atoms with Gasteiger partial charge < -0.3 is 9.84 Å². The van der Waals surface area contributed by atoms with E-state index in [9.17, 15) is 9.18 Å². The molecule has 0 aliphatic heterocycles. The van der Waals surface area contributed by atoms with E-state index in [1.807, 2.05) is 0 Å². The van der Waals surface area contributed by atoms with Crippen LogP contribution in [0.5, 0.6) is 0 Å². The normalized spacial score (nSPS) is 10.6. The molecule has 0 saturated heterocycles. The molecule has 3 rings (SSSR count). The highest BCUT2D eigenvalue weighted by Gasteiger charge is 2.09. The lowest BCUT2D eigenvalue weighted by Crippen LogP contribution is -2.25. The molecule has 25 heavy (non-hydrogen) atoms. The molecule has 0 aliphatic rings. The van der Waals surface area contributed by atoms with Crippen molar-refractivity contribution in [2.75, 3.05) is 5.75 Å². The lowest BCUT2D eigenvalue weighted by Gasteiger charge is -2.06. The average Bonchev–Trinajstić information content (AvgIpc) is 3.06. The number of carbonyl (C=O) groups is 1. The average molecular weight is 358 g/mol. The molecule has 0 unspecified atom stereocenters. The van der Waals surface area contributed by atoms with E-state index in [4.69, 9.17) is 4.52 Å². The second kappa shape index (κ2) is 7.89. The van der Waals surface area contributed by atoms with Crippen molar-refractivity contribution in [2.24, 2.45) is 0 Å². The molecule has 0 saturated carbocycles. The summed E-state index contributed by atoms with van der Waals surface area (Å²) >= 11 is 1.29. The molecule has 2 heterocycles. The van der Waals surface area contributed by atoms with Gasteiger partial charge in [-0.2, -0.15) is 4.98 Å². The molecule has 6 nitrogen and oxygen atoms in total. The van der Waals surface area contributed by atoms with E-state index in [2.05, 4.69) is 20.4 Å². The van der Waals surface area contributed by atoms with Gasteiger partial charge in [0.1, 0.15) is 5.82 Å². The maximum Gasteiger partial charge on any atom is 0.259 e. The number of pyridine rings is 1. The van der Waals surface area contributed by atoms with Crippen LogP contribution >= 0.6 is 11.8 Å². The molecule has 0 fully saturated rings. The van der Waals surface area contributed by atoms with Crippen LogP contribution in [-0.2, 0) is 11.3 Å². The molecule has 1 aromatic carbocycles. The molecule has 8 heteroatoms. The van der Waals surface area contributed by atoms with Crippen molar-refractivity contribution in [1.29, 1.82) is 0 Å². The number of nitrogens with one attached hydrogen (secondary N) is 1. The van der Waals surface area contributed by atoms with E-state index >= 15 is 0 Å². The van der Waals surface area contributed by atoms with Crippen LogP contribution in [0.25, 0.3) is 11.5 Å². The van der Waals surface area contributed by atoms with Gasteiger partial charge in [0.05, 0.1) is 16.3 Å². The third-order valence-electron chi connectivity index (χ3n) is 3.30. The molecule has 0 spiro atoms. The van der Waals surface area contributed by atoms with Gasteiger partial charge in [-0.25, -0.2) is 9.37 Å². The number of nitrogens with zero attached hydrogens (tertiary/aromatic N) is 3. The van der Waals surface area contributed by atoms with Gasteiger partial charge in [-0.3, -0.25) is 4.79 Å². The predicted octanol–water partition coefficient (Wildman–Crippen LogP) is 2.99. The Morgan fingerprint density at radius 3 is 2.80 bits per heavy atom. The van der Waals surface area contributed by atoms with Crippen LogP contribution in [-0.4, -0.2) is 26.8 Å². The van der Waals surface area contributed by atoms with E-state index in [1.165, 1.54) is 17.8 Å². The number of aromatic nitrogens is 3. The fraction of sp³-hybridized carbons (Fsp3) is 0.176. The van der Waals surface area contributed by atoms with Gasteiger partial charge in [-0.15, -0.1) is 0 Å². The minimum absolute atomic E-state index is 0.162. The quantitative estimate of drug-likeness (QED) is 0.682. The Morgan fingerprint density at radius 1 is 1.28 bits per heavy atom. The highest BCUT2D eigenvalue weighted by Crippen LogP contribution is 2.20. The van der Waals surface area contributed by atoms with Crippen LogP contribution in [0, 0.1) is 12.7 Å². The Hall–Kier alpha value is -2.74. The van der Waals surface area contributed by atoms with Crippen molar-refractivity contribution < 1.29 is 13.7 Å². The molecule has 2 aromatic heterocycles. The number of aryl methyl sites for hydroxylation is 1. The monoisotopic (exact) mass is 358 g/mol. The summed E-state index contributed by atoms with van der Waals surface area (Å²) in [6.45, 7) is 1.90. The highest BCUT2D eigenvalue weighted by atomic mass is 32.2. The zero-order valence-electron chi connectivity index (χ0n) is 13.4. The minimum atomic E-state index is -0.330. The minimum Gasteiger partial charge on any atom is -0.351 e. The summed E-state index contributed by atoms with van der Waals surface area (Å²) in [4.78, 5) is 20.3. The molecule has 0 atom stereocenters. The largest absolute Gasteiger partial charge is 0.351 e. The SMILES string of the molecule is Cc1noc(-c2ccc(SCC(=O)NCc3ccccc3F)nc2)n1. The molecular weight excluding hydrogens is 343 g/mol. The summed E-state index contributed by atoms with van der Waals surface area (Å²) < 4.78 is 18.6. The Balaban J connectivity index is 1.49. The number of carbonyl (C=O) groups excluding carboxylic acids is 1. The van der Waals surface area contributed by atoms with Crippen LogP contribution in [0.1, 0.15) is 11.4 Å². The number of benzene rings is 1. The first-order valence-corrected chi connectivity index (χ1v) is 8.50. The first kappa shape index (κ1) is 17.1. The maximum absolute atomic E-state index is 13.5. The smallest absolute Gasteiger partial charge is 0.259 e. The second-order valence-corrected chi connectivity index (χ2v) is 6.18. The third-order valence-corrected chi connectivity index (χ3v) is 4.24.